The number of nitrogens with two attached hydrogens (primary N) is 1. The van der Waals surface area contributed by atoms with Gasteiger partial charge < -0.3 is 10.3 Å². The standard InChI is InChI=1S/C9H14N2OS/c10-5-7-6-11-12-9(7)8-3-1-2-4-13-8/h6,8H,1-5,10H2. The van der Waals surface area contributed by atoms with E-state index in [0.29, 0.717) is 11.8 Å². The van der Waals surface area contributed by atoms with Gasteiger partial charge in [-0.25, -0.2) is 0 Å². The Balaban J connectivity index is 2.13. The van der Waals surface area contributed by atoms with Crippen LogP contribution in [0.2, 0.25) is 0 Å². The maximum absolute atomic E-state index is 5.59. The van der Waals surface area contributed by atoms with Crippen molar-refractivity contribution < 1.29 is 4.52 Å². The molecule has 72 valence electrons. The van der Waals surface area contributed by atoms with Gasteiger partial charge in [-0.15, -0.1) is 0 Å². The van der Waals surface area contributed by atoms with Gasteiger partial charge in [-0.05, 0) is 18.6 Å². The lowest BCUT2D eigenvalue weighted by atomic mass is 10.1. The third-order valence-corrected chi connectivity index (χ3v) is 3.74. The Hall–Kier alpha value is -0.480. The highest BCUT2D eigenvalue weighted by molar-refractivity contribution is 7.99. The maximum atomic E-state index is 5.59. The normalized spacial score (nSPS) is 23.3. The molecule has 0 aromatic carbocycles. The van der Waals surface area contributed by atoms with E-state index in [9.17, 15) is 0 Å². The van der Waals surface area contributed by atoms with Crippen LogP contribution in [0.5, 0.6) is 0 Å². The Kier molecular flexibility index (Phi) is 2.90. The van der Waals surface area contributed by atoms with Crippen LogP contribution in [0.25, 0.3) is 0 Å². The Labute approximate surface area is 82.0 Å². The van der Waals surface area contributed by atoms with E-state index in [0.717, 1.165) is 11.3 Å². The number of hydrogen-bond acceptors (Lipinski definition) is 4. The molecule has 2 rings (SSSR count). The van der Waals surface area contributed by atoms with Crippen LogP contribution in [0.15, 0.2) is 10.7 Å². The lowest BCUT2D eigenvalue weighted by molar-refractivity contribution is 0.373. The average molecular weight is 198 g/mol. The van der Waals surface area contributed by atoms with E-state index in [1.807, 2.05) is 11.8 Å². The minimum atomic E-state index is 0.495. The maximum Gasteiger partial charge on any atom is 0.154 e. The summed E-state index contributed by atoms with van der Waals surface area (Å²) in [5.74, 6) is 2.24. The number of thioether (sulfide) groups is 1. The fourth-order valence-corrected chi connectivity index (χ4v) is 2.97. The summed E-state index contributed by atoms with van der Waals surface area (Å²) < 4.78 is 5.24. The molecule has 0 spiro atoms. The Morgan fingerprint density at radius 2 is 2.54 bits per heavy atom. The molecule has 1 aromatic heterocycles. The molecule has 1 unspecified atom stereocenters. The quantitative estimate of drug-likeness (QED) is 0.790. The van der Waals surface area contributed by atoms with Crippen molar-refractivity contribution in [1.29, 1.82) is 0 Å². The zero-order valence-electron chi connectivity index (χ0n) is 7.53. The molecule has 13 heavy (non-hydrogen) atoms. The van der Waals surface area contributed by atoms with Crippen LogP contribution in [0, 0.1) is 0 Å². The molecule has 1 aliphatic rings. The lowest BCUT2D eigenvalue weighted by Crippen LogP contribution is -2.05. The van der Waals surface area contributed by atoms with E-state index in [-0.39, 0.29) is 0 Å². The second-order valence-corrected chi connectivity index (χ2v) is 4.59. The number of aromatic nitrogens is 1. The van der Waals surface area contributed by atoms with Gasteiger partial charge in [0.2, 0.25) is 0 Å². The van der Waals surface area contributed by atoms with Crippen LogP contribution >= 0.6 is 11.8 Å². The highest BCUT2D eigenvalue weighted by atomic mass is 32.2. The number of rotatable bonds is 2. The molecule has 0 bridgehead atoms. The largest absolute Gasteiger partial charge is 0.360 e. The molecule has 2 heterocycles. The van der Waals surface area contributed by atoms with Crippen molar-refractivity contribution >= 4 is 11.8 Å². The monoisotopic (exact) mass is 198 g/mol. The molecule has 1 aromatic rings. The summed E-state index contributed by atoms with van der Waals surface area (Å²) in [6.45, 7) is 0.538. The van der Waals surface area contributed by atoms with E-state index in [4.69, 9.17) is 10.3 Å². The van der Waals surface area contributed by atoms with Crippen LogP contribution in [0.3, 0.4) is 0 Å². The second-order valence-electron chi connectivity index (χ2n) is 3.27. The van der Waals surface area contributed by atoms with Crippen LogP contribution < -0.4 is 5.73 Å². The zero-order chi connectivity index (χ0) is 9.10. The van der Waals surface area contributed by atoms with E-state index in [1.54, 1.807) is 6.20 Å². The second kappa shape index (κ2) is 4.15. The Bertz CT molecular complexity index is 268. The molecule has 0 radical (unpaired) electrons. The van der Waals surface area contributed by atoms with Crippen molar-refractivity contribution in [2.24, 2.45) is 5.73 Å². The summed E-state index contributed by atoms with van der Waals surface area (Å²) in [5, 5.41) is 4.30. The Morgan fingerprint density at radius 1 is 1.62 bits per heavy atom. The van der Waals surface area contributed by atoms with Crippen LogP contribution in [0.4, 0.5) is 0 Å². The SMILES string of the molecule is NCc1cnoc1C1CCCCS1. The molecule has 0 aliphatic carbocycles. The molecule has 0 saturated carbocycles. The topological polar surface area (TPSA) is 52.0 Å². The molecular formula is C9H14N2OS. The van der Waals surface area contributed by atoms with Crippen molar-refractivity contribution in [2.45, 2.75) is 31.1 Å². The summed E-state index contributed by atoms with van der Waals surface area (Å²) in [6, 6.07) is 0. The number of hydrogen-bond donors (Lipinski definition) is 1. The first-order chi connectivity index (χ1) is 6.42. The zero-order valence-corrected chi connectivity index (χ0v) is 8.35. The molecule has 4 heteroatoms. The van der Waals surface area contributed by atoms with Gasteiger partial charge in [0.05, 0.1) is 11.4 Å². The third-order valence-electron chi connectivity index (χ3n) is 2.37. The van der Waals surface area contributed by atoms with Crippen LogP contribution in [-0.2, 0) is 6.54 Å². The first-order valence-corrected chi connectivity index (χ1v) is 5.72. The average Bonchev–Trinajstić information content (AvgIpc) is 2.67. The van der Waals surface area contributed by atoms with Gasteiger partial charge >= 0.3 is 0 Å². The first-order valence-electron chi connectivity index (χ1n) is 4.67. The summed E-state index contributed by atoms with van der Waals surface area (Å²) in [6.07, 6.45) is 5.56. The summed E-state index contributed by atoms with van der Waals surface area (Å²) >= 11 is 1.96. The smallest absolute Gasteiger partial charge is 0.154 e. The first kappa shape index (κ1) is 9.09. The molecular weight excluding hydrogens is 184 g/mol. The van der Waals surface area contributed by atoms with Gasteiger partial charge in [0.15, 0.2) is 5.76 Å². The molecule has 1 aliphatic heterocycles. The minimum absolute atomic E-state index is 0.495. The third kappa shape index (κ3) is 1.89. The van der Waals surface area contributed by atoms with Gasteiger partial charge in [0, 0.05) is 12.1 Å². The van der Waals surface area contributed by atoms with Crippen molar-refractivity contribution in [1.82, 2.24) is 5.16 Å². The lowest BCUT2D eigenvalue weighted by Gasteiger charge is -2.19. The van der Waals surface area contributed by atoms with Crippen molar-refractivity contribution in [3.8, 4) is 0 Å². The molecule has 3 nitrogen and oxygen atoms in total. The summed E-state index contributed by atoms with van der Waals surface area (Å²) in [7, 11) is 0. The van der Waals surface area contributed by atoms with Crippen LogP contribution in [0.1, 0.15) is 35.8 Å². The van der Waals surface area contributed by atoms with E-state index in [1.165, 1.54) is 25.0 Å². The molecule has 1 fully saturated rings. The predicted octanol–water partition coefficient (Wildman–Crippen LogP) is 2.09. The highest BCUT2D eigenvalue weighted by Crippen LogP contribution is 2.39. The Morgan fingerprint density at radius 3 is 3.23 bits per heavy atom. The van der Waals surface area contributed by atoms with Crippen molar-refractivity contribution in [2.75, 3.05) is 5.75 Å². The highest BCUT2D eigenvalue weighted by Gasteiger charge is 2.22. The van der Waals surface area contributed by atoms with Gasteiger partial charge in [-0.3, -0.25) is 0 Å². The van der Waals surface area contributed by atoms with E-state index >= 15 is 0 Å². The summed E-state index contributed by atoms with van der Waals surface area (Å²) in [5.41, 5.74) is 6.66. The van der Waals surface area contributed by atoms with E-state index in [2.05, 4.69) is 5.16 Å². The van der Waals surface area contributed by atoms with Gasteiger partial charge in [0.25, 0.3) is 0 Å². The number of nitrogens with zero attached hydrogens (tertiary/aromatic N) is 1. The van der Waals surface area contributed by atoms with Gasteiger partial charge in [-0.2, -0.15) is 11.8 Å². The van der Waals surface area contributed by atoms with Gasteiger partial charge in [-0.1, -0.05) is 11.6 Å². The van der Waals surface area contributed by atoms with Crippen LogP contribution in [-0.4, -0.2) is 10.9 Å². The molecule has 1 atom stereocenters. The summed E-state index contributed by atoms with van der Waals surface area (Å²) in [4.78, 5) is 0. The van der Waals surface area contributed by atoms with E-state index < -0.39 is 0 Å². The predicted molar refractivity (Wildman–Crippen MR) is 53.4 cm³/mol. The molecule has 2 N–H and O–H groups in total. The van der Waals surface area contributed by atoms with Crippen molar-refractivity contribution in [3.63, 3.8) is 0 Å². The minimum Gasteiger partial charge on any atom is -0.360 e. The van der Waals surface area contributed by atoms with Crippen molar-refractivity contribution in [3.05, 3.63) is 17.5 Å². The molecule has 0 amide bonds. The molecule has 1 saturated heterocycles. The van der Waals surface area contributed by atoms with Gasteiger partial charge in [0.1, 0.15) is 0 Å². The fourth-order valence-electron chi connectivity index (χ4n) is 1.64. The fraction of sp³-hybridized carbons (Fsp3) is 0.667.